The average Bonchev–Trinajstić information content (AvgIpc) is 2.63. The van der Waals surface area contributed by atoms with E-state index in [0.29, 0.717) is 32.7 Å². The first-order valence-corrected chi connectivity index (χ1v) is 8.90. The molecule has 1 aromatic heterocycles. The molecule has 1 aromatic carbocycles. The summed E-state index contributed by atoms with van der Waals surface area (Å²) in [6, 6.07) is 4.19. The fraction of sp³-hybridized carbons (Fsp3) is 0.474. The first kappa shape index (κ1) is 17.2. The lowest BCUT2D eigenvalue weighted by Gasteiger charge is -2.43. The van der Waals surface area contributed by atoms with Crippen LogP contribution in [0.1, 0.15) is 36.0 Å². The van der Waals surface area contributed by atoms with Crippen molar-refractivity contribution in [2.24, 2.45) is 0 Å². The molecule has 26 heavy (non-hydrogen) atoms. The third kappa shape index (κ3) is 3.12. The molecule has 2 N–H and O–H groups in total. The van der Waals surface area contributed by atoms with Gasteiger partial charge in [0.15, 0.2) is 0 Å². The molecule has 138 valence electrons. The maximum atomic E-state index is 13.8. The highest BCUT2D eigenvalue weighted by Gasteiger charge is 2.39. The molecule has 1 unspecified atom stereocenters. The van der Waals surface area contributed by atoms with Gasteiger partial charge in [0.05, 0.1) is 11.1 Å². The number of carbonyl (C=O) groups excluding carboxylic acids is 1. The van der Waals surface area contributed by atoms with Gasteiger partial charge in [-0.05, 0) is 37.8 Å². The number of ether oxygens (including phenoxy) is 2. The fourth-order valence-corrected chi connectivity index (χ4v) is 3.89. The van der Waals surface area contributed by atoms with Crippen molar-refractivity contribution in [3.05, 3.63) is 46.0 Å². The zero-order chi connectivity index (χ0) is 18.1. The first-order valence-electron chi connectivity index (χ1n) is 8.90. The average molecular weight is 360 g/mol. The van der Waals surface area contributed by atoms with E-state index in [0.717, 1.165) is 12.8 Å². The van der Waals surface area contributed by atoms with Crippen LogP contribution >= 0.6 is 0 Å². The van der Waals surface area contributed by atoms with Crippen molar-refractivity contribution in [3.63, 3.8) is 0 Å². The number of aromatic nitrogens is 1. The topological polar surface area (TPSA) is 80.4 Å². The van der Waals surface area contributed by atoms with E-state index in [1.807, 2.05) is 0 Å². The molecule has 1 spiro atoms. The molecule has 4 rings (SSSR count). The zero-order valence-electron chi connectivity index (χ0n) is 14.3. The highest BCUT2D eigenvalue weighted by atomic mass is 19.1. The number of halogens is 1. The summed E-state index contributed by atoms with van der Waals surface area (Å²) < 4.78 is 25.2. The van der Waals surface area contributed by atoms with Gasteiger partial charge in [0.1, 0.15) is 11.4 Å². The van der Waals surface area contributed by atoms with Crippen LogP contribution in [0.25, 0.3) is 10.9 Å². The number of para-hydroxylation sites is 1. The summed E-state index contributed by atoms with van der Waals surface area (Å²) in [5.74, 6) is -0.955. The molecule has 2 aliphatic rings. The zero-order valence-corrected chi connectivity index (χ0v) is 14.3. The second-order valence-corrected chi connectivity index (χ2v) is 7.00. The van der Waals surface area contributed by atoms with E-state index in [1.165, 1.54) is 24.4 Å². The number of carbonyl (C=O) groups is 1. The fourth-order valence-electron chi connectivity index (χ4n) is 3.89. The van der Waals surface area contributed by atoms with Crippen LogP contribution < -0.4 is 10.7 Å². The minimum atomic E-state index is -0.516. The van der Waals surface area contributed by atoms with Gasteiger partial charge in [-0.2, -0.15) is 0 Å². The lowest BCUT2D eigenvalue weighted by molar-refractivity contribution is -0.139. The number of amides is 1. The van der Waals surface area contributed by atoms with Crippen LogP contribution in [0.5, 0.6) is 0 Å². The van der Waals surface area contributed by atoms with Crippen LogP contribution in [-0.2, 0) is 9.47 Å². The molecular weight excluding hydrogens is 339 g/mol. The van der Waals surface area contributed by atoms with Crippen LogP contribution in [0.4, 0.5) is 4.39 Å². The van der Waals surface area contributed by atoms with Gasteiger partial charge in [-0.3, -0.25) is 9.59 Å². The van der Waals surface area contributed by atoms with Gasteiger partial charge < -0.3 is 19.8 Å². The van der Waals surface area contributed by atoms with Crippen LogP contribution in [0, 0.1) is 5.82 Å². The van der Waals surface area contributed by atoms with Crippen molar-refractivity contribution in [1.82, 2.24) is 10.3 Å². The number of hydrogen-bond donors (Lipinski definition) is 2. The molecular formula is C19H21FN2O4. The van der Waals surface area contributed by atoms with E-state index in [4.69, 9.17) is 9.47 Å². The Morgan fingerprint density at radius 1 is 1.27 bits per heavy atom. The summed E-state index contributed by atoms with van der Waals surface area (Å²) in [6.07, 6.45) is 4.33. The van der Waals surface area contributed by atoms with Gasteiger partial charge in [-0.25, -0.2) is 4.39 Å². The summed E-state index contributed by atoms with van der Waals surface area (Å²) >= 11 is 0. The summed E-state index contributed by atoms with van der Waals surface area (Å²) in [5.41, 5.74) is -0.603. The first-order chi connectivity index (χ1) is 12.6. The van der Waals surface area contributed by atoms with Crippen molar-refractivity contribution in [3.8, 4) is 0 Å². The Kier molecular flexibility index (Phi) is 4.50. The Hall–Kier alpha value is -2.25. The predicted molar refractivity (Wildman–Crippen MR) is 93.8 cm³/mol. The Morgan fingerprint density at radius 2 is 2.08 bits per heavy atom. The molecule has 0 bridgehead atoms. The molecule has 7 heteroatoms. The molecule has 0 radical (unpaired) electrons. The van der Waals surface area contributed by atoms with Crippen molar-refractivity contribution >= 4 is 16.8 Å². The van der Waals surface area contributed by atoms with E-state index in [1.54, 1.807) is 0 Å². The van der Waals surface area contributed by atoms with Crippen LogP contribution in [0.15, 0.2) is 29.2 Å². The van der Waals surface area contributed by atoms with Crippen molar-refractivity contribution in [1.29, 1.82) is 0 Å². The minimum Gasteiger partial charge on any atom is -0.381 e. The number of fused-ring (bicyclic) bond motifs is 1. The molecule has 6 nitrogen and oxygen atoms in total. The number of rotatable bonds is 2. The predicted octanol–water partition coefficient (Wildman–Crippen LogP) is 2.13. The molecule has 1 amide bonds. The van der Waals surface area contributed by atoms with Crippen LogP contribution in [-0.4, -0.2) is 42.4 Å². The molecule has 0 aliphatic carbocycles. The Labute approximate surface area is 149 Å². The number of pyridine rings is 1. The largest absolute Gasteiger partial charge is 0.381 e. The second kappa shape index (κ2) is 6.81. The SMILES string of the molecule is O=C(NC1CCOC2(CCOCC2)C1)c1c[nH]c2c(F)cccc2c1=O. The van der Waals surface area contributed by atoms with E-state index in [-0.39, 0.29) is 28.1 Å². The van der Waals surface area contributed by atoms with Gasteiger partial charge in [0.2, 0.25) is 5.43 Å². The lowest BCUT2D eigenvalue weighted by atomic mass is 9.84. The Morgan fingerprint density at radius 3 is 2.88 bits per heavy atom. The highest BCUT2D eigenvalue weighted by Crippen LogP contribution is 2.34. The summed E-state index contributed by atoms with van der Waals surface area (Å²) in [7, 11) is 0. The molecule has 2 aliphatic heterocycles. The van der Waals surface area contributed by atoms with Gasteiger partial charge in [-0.1, -0.05) is 6.07 Å². The van der Waals surface area contributed by atoms with Crippen molar-refractivity contribution < 1.29 is 18.7 Å². The maximum Gasteiger partial charge on any atom is 0.256 e. The Balaban J connectivity index is 1.54. The van der Waals surface area contributed by atoms with E-state index in [9.17, 15) is 14.0 Å². The van der Waals surface area contributed by atoms with E-state index < -0.39 is 17.2 Å². The molecule has 2 aromatic rings. The smallest absolute Gasteiger partial charge is 0.256 e. The maximum absolute atomic E-state index is 13.8. The number of nitrogens with one attached hydrogen (secondary N) is 2. The van der Waals surface area contributed by atoms with Crippen LogP contribution in [0.2, 0.25) is 0 Å². The Bertz CT molecular complexity index is 883. The van der Waals surface area contributed by atoms with E-state index in [2.05, 4.69) is 10.3 Å². The number of H-pyrrole nitrogens is 1. The quantitative estimate of drug-likeness (QED) is 0.860. The summed E-state index contributed by atoms with van der Waals surface area (Å²) in [4.78, 5) is 27.9. The number of aromatic amines is 1. The highest BCUT2D eigenvalue weighted by molar-refractivity contribution is 5.97. The number of hydrogen-bond acceptors (Lipinski definition) is 4. The van der Waals surface area contributed by atoms with Crippen molar-refractivity contribution in [2.45, 2.75) is 37.3 Å². The standard InChI is InChI=1S/C19H21FN2O4/c20-15-3-1-2-13-16(15)21-11-14(17(13)23)18(24)22-12-4-7-26-19(10-12)5-8-25-9-6-19/h1-3,11-12H,4-10H2,(H,21,23)(H,22,24). The molecule has 1 atom stereocenters. The van der Waals surface area contributed by atoms with Gasteiger partial charge in [-0.15, -0.1) is 0 Å². The summed E-state index contributed by atoms with van der Waals surface area (Å²) in [5, 5.41) is 3.13. The molecule has 2 fully saturated rings. The second-order valence-electron chi connectivity index (χ2n) is 7.00. The third-order valence-corrected chi connectivity index (χ3v) is 5.34. The van der Waals surface area contributed by atoms with E-state index >= 15 is 0 Å². The molecule has 0 saturated carbocycles. The lowest BCUT2D eigenvalue weighted by Crippen LogP contribution is -2.51. The van der Waals surface area contributed by atoms with Gasteiger partial charge in [0, 0.05) is 37.4 Å². The van der Waals surface area contributed by atoms with Crippen molar-refractivity contribution in [2.75, 3.05) is 19.8 Å². The summed E-state index contributed by atoms with van der Waals surface area (Å²) in [6.45, 7) is 1.90. The molecule has 2 saturated heterocycles. The third-order valence-electron chi connectivity index (χ3n) is 5.34. The minimum absolute atomic E-state index is 0.00406. The normalized spacial score (nSPS) is 22.4. The van der Waals surface area contributed by atoms with Gasteiger partial charge >= 0.3 is 0 Å². The van der Waals surface area contributed by atoms with Gasteiger partial charge in [0.25, 0.3) is 5.91 Å². The monoisotopic (exact) mass is 360 g/mol. The number of benzene rings is 1. The molecule has 3 heterocycles. The van der Waals surface area contributed by atoms with Crippen LogP contribution in [0.3, 0.4) is 0 Å².